The summed E-state index contributed by atoms with van der Waals surface area (Å²) in [4.78, 5) is 0. The lowest BCUT2D eigenvalue weighted by molar-refractivity contribution is 0.103. The number of nitrogens with zero attached hydrogens (tertiary/aromatic N) is 1. The Hall–Kier alpha value is -2.38. The molecular formula is C16H14FNO2. The molecule has 0 fully saturated rings. The van der Waals surface area contributed by atoms with Crippen LogP contribution in [0.5, 0.6) is 5.75 Å². The molecule has 0 aliphatic carbocycles. The molecule has 0 atom stereocenters. The third-order valence-electron chi connectivity index (χ3n) is 2.88. The topological polar surface area (TPSA) is 42.2 Å². The van der Waals surface area contributed by atoms with Crippen molar-refractivity contribution in [2.24, 2.45) is 0 Å². The molecule has 0 saturated carbocycles. The van der Waals surface area contributed by atoms with Gasteiger partial charge in [0.1, 0.15) is 11.6 Å². The molecule has 0 saturated heterocycles. The van der Waals surface area contributed by atoms with Crippen molar-refractivity contribution >= 4 is 0 Å². The summed E-state index contributed by atoms with van der Waals surface area (Å²) >= 11 is 0. The molecule has 2 rings (SSSR count). The minimum atomic E-state index is -0.287. The second-order valence-electron chi connectivity index (χ2n) is 4.22. The molecule has 102 valence electrons. The van der Waals surface area contributed by atoms with E-state index in [1.165, 1.54) is 6.07 Å². The second kappa shape index (κ2) is 6.69. The summed E-state index contributed by atoms with van der Waals surface area (Å²) < 4.78 is 24.1. The summed E-state index contributed by atoms with van der Waals surface area (Å²) in [6, 6.07) is 13.7. The average Bonchev–Trinajstić information content (AvgIpc) is 2.49. The minimum Gasteiger partial charge on any atom is -0.496 e. The standard InChI is InChI=1S/C16H14FNO2/c1-19-16-7-6-12(9-18)8-14(16)11-20-10-13-4-2-3-5-15(13)17/h2-8H,10-11H2,1H3. The third-order valence-corrected chi connectivity index (χ3v) is 2.88. The molecule has 0 bridgehead atoms. The number of methoxy groups -OCH3 is 1. The third kappa shape index (κ3) is 3.34. The SMILES string of the molecule is COc1ccc(C#N)cc1COCc1ccccc1F. The van der Waals surface area contributed by atoms with Gasteiger partial charge in [-0.15, -0.1) is 0 Å². The Morgan fingerprint density at radius 2 is 1.85 bits per heavy atom. The molecule has 0 spiro atoms. The number of rotatable bonds is 5. The van der Waals surface area contributed by atoms with Gasteiger partial charge in [0, 0.05) is 11.1 Å². The number of nitriles is 1. The van der Waals surface area contributed by atoms with Crippen molar-refractivity contribution in [3.05, 3.63) is 65.0 Å². The molecule has 0 aromatic heterocycles. The highest BCUT2D eigenvalue weighted by Crippen LogP contribution is 2.21. The lowest BCUT2D eigenvalue weighted by Crippen LogP contribution is -1.99. The van der Waals surface area contributed by atoms with E-state index in [1.54, 1.807) is 43.5 Å². The van der Waals surface area contributed by atoms with Crippen LogP contribution >= 0.6 is 0 Å². The fourth-order valence-electron chi connectivity index (χ4n) is 1.85. The maximum atomic E-state index is 13.4. The van der Waals surface area contributed by atoms with Gasteiger partial charge < -0.3 is 9.47 Å². The van der Waals surface area contributed by atoms with E-state index >= 15 is 0 Å². The lowest BCUT2D eigenvalue weighted by atomic mass is 10.1. The van der Waals surface area contributed by atoms with Gasteiger partial charge in [0.05, 0.1) is 32.0 Å². The molecule has 0 aliphatic rings. The first-order chi connectivity index (χ1) is 9.74. The van der Waals surface area contributed by atoms with Crippen LogP contribution < -0.4 is 4.74 Å². The van der Waals surface area contributed by atoms with Crippen LogP contribution in [0.15, 0.2) is 42.5 Å². The summed E-state index contributed by atoms with van der Waals surface area (Å²) in [5.41, 5.74) is 1.81. The first-order valence-corrected chi connectivity index (χ1v) is 6.12. The van der Waals surface area contributed by atoms with Gasteiger partial charge in [-0.05, 0) is 24.3 Å². The van der Waals surface area contributed by atoms with E-state index < -0.39 is 0 Å². The molecule has 0 heterocycles. The molecule has 20 heavy (non-hydrogen) atoms. The number of hydrogen-bond donors (Lipinski definition) is 0. The van der Waals surface area contributed by atoms with Gasteiger partial charge in [0.25, 0.3) is 0 Å². The van der Waals surface area contributed by atoms with Crippen molar-refractivity contribution in [2.75, 3.05) is 7.11 Å². The molecule has 0 N–H and O–H groups in total. The van der Waals surface area contributed by atoms with Crippen LogP contribution in [0.3, 0.4) is 0 Å². The van der Waals surface area contributed by atoms with Crippen molar-refractivity contribution < 1.29 is 13.9 Å². The van der Waals surface area contributed by atoms with Crippen molar-refractivity contribution in [1.82, 2.24) is 0 Å². The fourth-order valence-corrected chi connectivity index (χ4v) is 1.85. The highest BCUT2D eigenvalue weighted by Gasteiger charge is 2.06. The molecule has 2 aromatic carbocycles. The Labute approximate surface area is 117 Å². The molecule has 2 aromatic rings. The smallest absolute Gasteiger partial charge is 0.128 e. The van der Waals surface area contributed by atoms with E-state index in [9.17, 15) is 4.39 Å². The molecule has 0 aliphatic heterocycles. The van der Waals surface area contributed by atoms with Gasteiger partial charge in [0.15, 0.2) is 0 Å². The zero-order chi connectivity index (χ0) is 14.4. The van der Waals surface area contributed by atoms with Crippen LogP contribution in [0.2, 0.25) is 0 Å². The Morgan fingerprint density at radius 1 is 1.10 bits per heavy atom. The Kier molecular flexibility index (Phi) is 4.70. The van der Waals surface area contributed by atoms with Crippen molar-refractivity contribution in [2.45, 2.75) is 13.2 Å². The van der Waals surface area contributed by atoms with Crippen molar-refractivity contribution in [1.29, 1.82) is 5.26 Å². The number of halogens is 1. The zero-order valence-corrected chi connectivity index (χ0v) is 11.1. The molecule has 3 nitrogen and oxygen atoms in total. The van der Waals surface area contributed by atoms with Crippen LogP contribution in [-0.4, -0.2) is 7.11 Å². The predicted molar refractivity (Wildman–Crippen MR) is 72.6 cm³/mol. The van der Waals surface area contributed by atoms with Crippen LogP contribution in [0.25, 0.3) is 0 Å². The van der Waals surface area contributed by atoms with E-state index in [1.807, 2.05) is 0 Å². The van der Waals surface area contributed by atoms with Crippen molar-refractivity contribution in [3.63, 3.8) is 0 Å². The Bertz CT molecular complexity index is 635. The summed E-state index contributed by atoms with van der Waals surface area (Å²) in [7, 11) is 1.56. The summed E-state index contributed by atoms with van der Waals surface area (Å²) in [5, 5.41) is 8.88. The molecule has 4 heteroatoms. The van der Waals surface area contributed by atoms with Gasteiger partial charge in [-0.25, -0.2) is 4.39 Å². The average molecular weight is 271 g/mol. The maximum Gasteiger partial charge on any atom is 0.128 e. The van der Waals surface area contributed by atoms with Gasteiger partial charge in [-0.3, -0.25) is 0 Å². The van der Waals surface area contributed by atoms with Gasteiger partial charge >= 0.3 is 0 Å². The number of hydrogen-bond acceptors (Lipinski definition) is 3. The molecular weight excluding hydrogens is 257 g/mol. The highest BCUT2D eigenvalue weighted by molar-refractivity contribution is 5.41. The predicted octanol–water partition coefficient (Wildman–Crippen LogP) is 3.42. The van der Waals surface area contributed by atoms with E-state index in [0.29, 0.717) is 16.9 Å². The highest BCUT2D eigenvalue weighted by atomic mass is 19.1. The first-order valence-electron chi connectivity index (χ1n) is 6.12. The molecule has 0 unspecified atom stereocenters. The Balaban J connectivity index is 2.04. The van der Waals surface area contributed by atoms with Crippen LogP contribution in [-0.2, 0) is 18.0 Å². The van der Waals surface area contributed by atoms with Crippen LogP contribution in [0.1, 0.15) is 16.7 Å². The summed E-state index contributed by atoms with van der Waals surface area (Å²) in [6.07, 6.45) is 0. The minimum absolute atomic E-state index is 0.173. The first kappa shape index (κ1) is 14.0. The number of ether oxygens (including phenoxy) is 2. The normalized spacial score (nSPS) is 10.1. The van der Waals surface area contributed by atoms with E-state index in [4.69, 9.17) is 14.7 Å². The van der Waals surface area contributed by atoms with E-state index in [2.05, 4.69) is 6.07 Å². The summed E-state index contributed by atoms with van der Waals surface area (Å²) in [5.74, 6) is 0.364. The van der Waals surface area contributed by atoms with Gasteiger partial charge in [0.2, 0.25) is 0 Å². The molecule has 0 amide bonds. The fraction of sp³-hybridized carbons (Fsp3) is 0.188. The molecule has 0 radical (unpaired) electrons. The lowest BCUT2D eigenvalue weighted by Gasteiger charge is -2.10. The second-order valence-corrected chi connectivity index (χ2v) is 4.22. The van der Waals surface area contributed by atoms with E-state index in [0.717, 1.165) is 5.56 Å². The van der Waals surface area contributed by atoms with Crippen LogP contribution in [0.4, 0.5) is 4.39 Å². The largest absolute Gasteiger partial charge is 0.496 e. The van der Waals surface area contributed by atoms with Crippen LogP contribution in [0, 0.1) is 17.1 Å². The van der Waals surface area contributed by atoms with Crippen molar-refractivity contribution in [3.8, 4) is 11.8 Å². The van der Waals surface area contributed by atoms with E-state index in [-0.39, 0.29) is 19.0 Å². The monoisotopic (exact) mass is 271 g/mol. The van der Waals surface area contributed by atoms with Gasteiger partial charge in [-0.2, -0.15) is 5.26 Å². The van der Waals surface area contributed by atoms with Gasteiger partial charge in [-0.1, -0.05) is 18.2 Å². The quantitative estimate of drug-likeness (QED) is 0.836. The maximum absolute atomic E-state index is 13.4. The number of benzene rings is 2. The Morgan fingerprint density at radius 3 is 2.55 bits per heavy atom. The summed E-state index contributed by atoms with van der Waals surface area (Å²) in [6.45, 7) is 0.430. The zero-order valence-electron chi connectivity index (χ0n) is 11.1.